The molecule has 0 atom stereocenters. The summed E-state index contributed by atoms with van der Waals surface area (Å²) in [6.07, 6.45) is -4.77. The number of nitrogen functional groups attached to an aromatic ring is 1. The van der Waals surface area contributed by atoms with Crippen LogP contribution in [0.2, 0.25) is 5.02 Å². The Morgan fingerprint density at radius 2 is 1.77 bits per heavy atom. The third-order valence-electron chi connectivity index (χ3n) is 1.37. The summed E-state index contributed by atoms with van der Waals surface area (Å²) in [7, 11) is 0. The number of hydrogen-bond donors (Lipinski definition) is 1. The summed E-state index contributed by atoms with van der Waals surface area (Å²) in [4.78, 5) is 0. The van der Waals surface area contributed by atoms with Gasteiger partial charge in [-0.05, 0) is 12.1 Å². The smallest absolute Gasteiger partial charge is 0.396 e. The van der Waals surface area contributed by atoms with Gasteiger partial charge in [0.05, 0.1) is 11.3 Å². The summed E-state index contributed by atoms with van der Waals surface area (Å²) >= 11 is 5.28. The van der Waals surface area contributed by atoms with E-state index in [4.69, 9.17) is 17.3 Å². The van der Waals surface area contributed by atoms with Gasteiger partial charge in [0.1, 0.15) is 0 Å². The lowest BCUT2D eigenvalue weighted by Crippen LogP contribution is -2.09. The van der Waals surface area contributed by atoms with Crippen LogP contribution in [-0.4, -0.2) is 0 Å². The normalized spacial score (nSPS) is 11.8. The lowest BCUT2D eigenvalue weighted by molar-refractivity contribution is -0.139. The van der Waals surface area contributed by atoms with Gasteiger partial charge in [-0.15, -0.1) is 0 Å². The Morgan fingerprint density at radius 3 is 2.23 bits per heavy atom. The highest BCUT2D eigenvalue weighted by molar-refractivity contribution is 6.30. The van der Waals surface area contributed by atoms with Crippen molar-refractivity contribution < 1.29 is 17.6 Å². The molecule has 13 heavy (non-hydrogen) atoms. The second kappa shape index (κ2) is 3.06. The SMILES string of the molecule is Nc1cc(Cl)cc(C(F)(F)F)c1F. The van der Waals surface area contributed by atoms with Gasteiger partial charge >= 0.3 is 6.18 Å². The summed E-state index contributed by atoms with van der Waals surface area (Å²) in [5, 5.41) is -0.244. The fourth-order valence-electron chi connectivity index (χ4n) is 0.817. The highest BCUT2D eigenvalue weighted by Crippen LogP contribution is 2.35. The van der Waals surface area contributed by atoms with Gasteiger partial charge < -0.3 is 5.73 Å². The molecule has 0 amide bonds. The van der Waals surface area contributed by atoms with E-state index in [0.717, 1.165) is 6.07 Å². The first-order chi connectivity index (χ1) is 5.82. The monoisotopic (exact) mass is 213 g/mol. The van der Waals surface area contributed by atoms with Gasteiger partial charge in [-0.2, -0.15) is 13.2 Å². The minimum absolute atomic E-state index is 0.244. The number of anilines is 1. The van der Waals surface area contributed by atoms with Crippen LogP contribution in [0.5, 0.6) is 0 Å². The van der Waals surface area contributed by atoms with Crippen molar-refractivity contribution in [3.05, 3.63) is 28.5 Å². The summed E-state index contributed by atoms with van der Waals surface area (Å²) < 4.78 is 48.9. The van der Waals surface area contributed by atoms with Crippen molar-refractivity contribution in [3.8, 4) is 0 Å². The van der Waals surface area contributed by atoms with Gasteiger partial charge in [0, 0.05) is 5.02 Å². The van der Waals surface area contributed by atoms with Crippen LogP contribution in [0.4, 0.5) is 23.2 Å². The third kappa shape index (κ3) is 2.03. The first kappa shape index (κ1) is 10.1. The zero-order valence-electron chi connectivity index (χ0n) is 6.12. The van der Waals surface area contributed by atoms with E-state index in [0.29, 0.717) is 6.07 Å². The lowest BCUT2D eigenvalue weighted by atomic mass is 10.2. The maximum atomic E-state index is 12.8. The molecular formula is C7H4ClF4N. The minimum atomic E-state index is -4.77. The zero-order chi connectivity index (χ0) is 10.2. The van der Waals surface area contributed by atoms with Gasteiger partial charge in [0.15, 0.2) is 5.82 Å². The predicted molar refractivity (Wildman–Crippen MR) is 40.8 cm³/mol. The Bertz CT molecular complexity index is 334. The molecular weight excluding hydrogens is 210 g/mol. The standard InChI is InChI=1S/C7H4ClF4N/c8-3-1-4(7(10,11)12)6(9)5(13)2-3/h1-2H,13H2. The third-order valence-corrected chi connectivity index (χ3v) is 1.59. The molecule has 0 unspecified atom stereocenters. The molecule has 0 saturated carbocycles. The van der Waals surface area contributed by atoms with Crippen molar-refractivity contribution >= 4 is 17.3 Å². The van der Waals surface area contributed by atoms with Crippen molar-refractivity contribution in [1.82, 2.24) is 0 Å². The van der Waals surface area contributed by atoms with Gasteiger partial charge in [-0.1, -0.05) is 11.6 Å². The van der Waals surface area contributed by atoms with E-state index in [1.165, 1.54) is 0 Å². The van der Waals surface area contributed by atoms with Gasteiger partial charge in [0.2, 0.25) is 0 Å². The van der Waals surface area contributed by atoms with Crippen LogP contribution in [0.3, 0.4) is 0 Å². The Labute approximate surface area is 76.1 Å². The topological polar surface area (TPSA) is 26.0 Å². The summed E-state index contributed by atoms with van der Waals surface area (Å²) in [6, 6.07) is 1.42. The number of nitrogens with two attached hydrogens (primary N) is 1. The first-order valence-corrected chi connectivity index (χ1v) is 3.52. The van der Waals surface area contributed by atoms with Crippen LogP contribution in [0.15, 0.2) is 12.1 Å². The summed E-state index contributed by atoms with van der Waals surface area (Å²) in [5.41, 5.74) is 2.90. The number of halogens is 5. The largest absolute Gasteiger partial charge is 0.419 e. The molecule has 0 radical (unpaired) electrons. The van der Waals surface area contributed by atoms with Crippen LogP contribution in [-0.2, 0) is 6.18 Å². The van der Waals surface area contributed by atoms with E-state index in [-0.39, 0.29) is 5.02 Å². The molecule has 1 aromatic rings. The molecule has 0 aromatic heterocycles. The maximum Gasteiger partial charge on any atom is 0.419 e. The first-order valence-electron chi connectivity index (χ1n) is 3.14. The molecule has 0 fully saturated rings. The van der Waals surface area contributed by atoms with Crippen molar-refractivity contribution in [2.24, 2.45) is 0 Å². The number of rotatable bonds is 0. The van der Waals surface area contributed by atoms with Crippen LogP contribution in [0, 0.1) is 5.82 Å². The Balaban J connectivity index is 3.37. The van der Waals surface area contributed by atoms with E-state index < -0.39 is 23.2 Å². The van der Waals surface area contributed by atoms with Crippen LogP contribution in [0.1, 0.15) is 5.56 Å². The second-order valence-corrected chi connectivity index (χ2v) is 2.79. The second-order valence-electron chi connectivity index (χ2n) is 2.35. The van der Waals surface area contributed by atoms with Crippen LogP contribution < -0.4 is 5.73 Å². The van der Waals surface area contributed by atoms with Gasteiger partial charge in [0.25, 0.3) is 0 Å². The van der Waals surface area contributed by atoms with Crippen LogP contribution >= 0.6 is 11.6 Å². The lowest BCUT2D eigenvalue weighted by Gasteiger charge is -2.09. The Morgan fingerprint density at radius 1 is 1.23 bits per heavy atom. The van der Waals surface area contributed by atoms with E-state index in [1.54, 1.807) is 0 Å². The molecule has 2 N–H and O–H groups in total. The zero-order valence-corrected chi connectivity index (χ0v) is 6.88. The minimum Gasteiger partial charge on any atom is -0.396 e. The molecule has 0 aliphatic heterocycles. The molecule has 0 saturated heterocycles. The van der Waals surface area contributed by atoms with Crippen molar-refractivity contribution in [2.45, 2.75) is 6.18 Å². The van der Waals surface area contributed by atoms with Gasteiger partial charge in [-0.25, -0.2) is 4.39 Å². The molecule has 72 valence electrons. The van der Waals surface area contributed by atoms with Gasteiger partial charge in [-0.3, -0.25) is 0 Å². The Kier molecular flexibility index (Phi) is 2.38. The fourth-order valence-corrected chi connectivity index (χ4v) is 1.04. The van der Waals surface area contributed by atoms with Crippen molar-refractivity contribution in [3.63, 3.8) is 0 Å². The molecule has 1 aromatic carbocycles. The Hall–Kier alpha value is -0.970. The van der Waals surface area contributed by atoms with E-state index in [2.05, 4.69) is 0 Å². The number of benzene rings is 1. The molecule has 0 aliphatic carbocycles. The maximum absolute atomic E-state index is 12.8. The highest BCUT2D eigenvalue weighted by Gasteiger charge is 2.35. The summed E-state index contributed by atoms with van der Waals surface area (Å²) in [5.74, 6) is -1.49. The molecule has 0 heterocycles. The molecule has 0 bridgehead atoms. The van der Waals surface area contributed by atoms with E-state index in [9.17, 15) is 17.6 Å². The number of hydrogen-bond acceptors (Lipinski definition) is 1. The van der Waals surface area contributed by atoms with Crippen molar-refractivity contribution in [1.29, 1.82) is 0 Å². The summed E-state index contributed by atoms with van der Waals surface area (Å²) in [6.45, 7) is 0. The molecule has 0 spiro atoms. The van der Waals surface area contributed by atoms with E-state index in [1.807, 2.05) is 0 Å². The average Bonchev–Trinajstić information content (AvgIpc) is 1.94. The van der Waals surface area contributed by atoms with E-state index >= 15 is 0 Å². The fraction of sp³-hybridized carbons (Fsp3) is 0.143. The van der Waals surface area contributed by atoms with Crippen LogP contribution in [0.25, 0.3) is 0 Å². The molecule has 0 aliphatic rings. The number of alkyl halides is 3. The average molecular weight is 214 g/mol. The quantitative estimate of drug-likeness (QED) is 0.520. The van der Waals surface area contributed by atoms with Crippen molar-refractivity contribution in [2.75, 3.05) is 5.73 Å². The molecule has 1 rings (SSSR count). The molecule has 1 nitrogen and oxygen atoms in total. The predicted octanol–water partition coefficient (Wildman–Crippen LogP) is 3.08. The highest BCUT2D eigenvalue weighted by atomic mass is 35.5. The molecule has 6 heteroatoms.